The third-order valence-electron chi connectivity index (χ3n) is 7.07. The Labute approximate surface area is 227 Å². The summed E-state index contributed by atoms with van der Waals surface area (Å²) < 4.78 is 32.7. The van der Waals surface area contributed by atoms with Crippen molar-refractivity contribution < 1.29 is 58.7 Å². The second kappa shape index (κ2) is 11.4. The molecular weight excluding hydrogens is 532 g/mol. The number of rotatable bonds is 8. The Hall–Kier alpha value is -3.11. The molecule has 0 saturated carbocycles. The summed E-state index contributed by atoms with van der Waals surface area (Å²) in [4.78, 5) is 13.1. The minimum atomic E-state index is -1.90. The van der Waals surface area contributed by atoms with E-state index < -0.39 is 61.9 Å². The molecule has 5 rings (SSSR count). The molecule has 13 nitrogen and oxygen atoms in total. The molecule has 2 aliphatic rings. The van der Waals surface area contributed by atoms with E-state index >= 15 is 0 Å². The third-order valence-corrected chi connectivity index (χ3v) is 7.07. The van der Waals surface area contributed by atoms with Gasteiger partial charge in [0, 0.05) is 6.07 Å². The highest BCUT2D eigenvalue weighted by atomic mass is 16.7. The lowest BCUT2D eigenvalue weighted by atomic mass is 9.99. The van der Waals surface area contributed by atoms with Crippen molar-refractivity contribution in [3.05, 3.63) is 59.0 Å². The second-order valence-electron chi connectivity index (χ2n) is 9.72. The van der Waals surface area contributed by atoms with E-state index in [0.717, 1.165) is 0 Å². The van der Waals surface area contributed by atoms with Crippen molar-refractivity contribution in [2.45, 2.75) is 48.7 Å². The van der Waals surface area contributed by atoms with E-state index in [2.05, 4.69) is 0 Å². The number of ether oxygens (including phenoxy) is 5. The quantitative estimate of drug-likeness (QED) is 0.198. The van der Waals surface area contributed by atoms with Crippen LogP contribution in [0.3, 0.4) is 0 Å². The van der Waals surface area contributed by atoms with Crippen molar-refractivity contribution in [1.29, 1.82) is 0 Å². The number of aliphatic hydroxyl groups is 6. The SMILES string of the molecule is COc1ccc(-c2coc3cc(O[C@@H]4O[C@H](CO[C@@H]5OC[C@@](O)(CO)[C@@H]5O)[C@@H](O)[C@H](O)[C@H]4O)ccc3c2=O)cc1. The molecule has 2 fully saturated rings. The van der Waals surface area contributed by atoms with Crippen LogP contribution < -0.4 is 14.9 Å². The van der Waals surface area contributed by atoms with Crippen LogP contribution in [0.15, 0.2) is 57.9 Å². The van der Waals surface area contributed by atoms with Crippen LogP contribution in [0.4, 0.5) is 0 Å². The predicted octanol–water partition coefficient (Wildman–Crippen LogP) is -0.888. The standard InChI is InChI=1S/C27H30O13/c1-35-14-4-2-13(3-5-14)17-9-36-18-8-15(6-7-16(18)20(17)29)39-25-23(32)22(31)21(30)19(40-25)10-37-26-24(33)27(34,11-28)12-38-26/h2-9,19,21-26,28,30-34H,10-12H2,1H3/t19-,21-,22+,23-,24-,25-,26-,27+/m1/s1. The molecule has 216 valence electrons. The number of benzene rings is 2. The van der Waals surface area contributed by atoms with Gasteiger partial charge in [-0.15, -0.1) is 0 Å². The predicted molar refractivity (Wildman–Crippen MR) is 136 cm³/mol. The summed E-state index contributed by atoms with van der Waals surface area (Å²) in [5.74, 6) is 0.787. The molecule has 0 unspecified atom stereocenters. The van der Waals surface area contributed by atoms with E-state index in [4.69, 9.17) is 28.1 Å². The number of fused-ring (bicyclic) bond motifs is 1. The van der Waals surface area contributed by atoms with Crippen molar-refractivity contribution in [2.75, 3.05) is 26.9 Å². The Morgan fingerprint density at radius 2 is 1.70 bits per heavy atom. The molecule has 6 N–H and O–H groups in total. The summed E-state index contributed by atoms with van der Waals surface area (Å²) >= 11 is 0. The fourth-order valence-electron chi connectivity index (χ4n) is 4.56. The molecule has 3 aromatic rings. The van der Waals surface area contributed by atoms with Gasteiger partial charge in [0.1, 0.15) is 59.5 Å². The maximum Gasteiger partial charge on any atom is 0.229 e. The maximum atomic E-state index is 13.1. The average molecular weight is 563 g/mol. The summed E-state index contributed by atoms with van der Waals surface area (Å²) in [5.41, 5.74) is -0.976. The van der Waals surface area contributed by atoms with Crippen LogP contribution in [-0.4, -0.2) is 106 Å². The summed E-state index contributed by atoms with van der Waals surface area (Å²) in [5, 5.41) is 61.0. The van der Waals surface area contributed by atoms with Crippen LogP contribution in [0.5, 0.6) is 11.5 Å². The highest BCUT2D eigenvalue weighted by Gasteiger charge is 2.50. The van der Waals surface area contributed by atoms with E-state index in [-0.39, 0.29) is 28.8 Å². The molecular formula is C27H30O13. The van der Waals surface area contributed by atoms with Crippen LogP contribution >= 0.6 is 0 Å². The van der Waals surface area contributed by atoms with Gasteiger partial charge in [-0.1, -0.05) is 12.1 Å². The second-order valence-corrected chi connectivity index (χ2v) is 9.72. The van der Waals surface area contributed by atoms with Crippen LogP contribution in [-0.2, 0) is 14.2 Å². The van der Waals surface area contributed by atoms with Gasteiger partial charge in [-0.25, -0.2) is 0 Å². The van der Waals surface area contributed by atoms with Gasteiger partial charge in [0.2, 0.25) is 6.29 Å². The van der Waals surface area contributed by atoms with E-state index in [1.165, 1.54) is 24.5 Å². The fraction of sp³-hybridized carbons (Fsp3) is 0.444. The van der Waals surface area contributed by atoms with E-state index in [1.54, 1.807) is 31.4 Å². The molecule has 0 radical (unpaired) electrons. The Kier molecular flexibility index (Phi) is 8.10. The highest BCUT2D eigenvalue weighted by Crippen LogP contribution is 2.30. The lowest BCUT2D eigenvalue weighted by Gasteiger charge is -2.40. The van der Waals surface area contributed by atoms with Gasteiger partial charge in [0.05, 0.1) is 37.9 Å². The Morgan fingerprint density at radius 3 is 2.38 bits per heavy atom. The molecule has 2 saturated heterocycles. The molecule has 3 heterocycles. The molecule has 2 aliphatic heterocycles. The van der Waals surface area contributed by atoms with Crippen molar-refractivity contribution in [2.24, 2.45) is 0 Å². The van der Waals surface area contributed by atoms with E-state index in [1.807, 2.05) is 0 Å². The van der Waals surface area contributed by atoms with Gasteiger partial charge in [0.15, 0.2) is 11.7 Å². The first-order valence-electron chi connectivity index (χ1n) is 12.5. The summed E-state index contributed by atoms with van der Waals surface area (Å²) in [6.07, 6.45) is -9.18. The first-order chi connectivity index (χ1) is 19.1. The molecule has 0 amide bonds. The van der Waals surface area contributed by atoms with E-state index in [9.17, 15) is 35.4 Å². The Balaban J connectivity index is 1.29. The van der Waals surface area contributed by atoms with Crippen LogP contribution in [0.2, 0.25) is 0 Å². The van der Waals surface area contributed by atoms with Gasteiger partial charge in [-0.3, -0.25) is 4.79 Å². The number of methoxy groups -OCH3 is 1. The van der Waals surface area contributed by atoms with Crippen molar-refractivity contribution in [1.82, 2.24) is 0 Å². The lowest BCUT2D eigenvalue weighted by molar-refractivity contribution is -0.289. The first-order valence-corrected chi connectivity index (χ1v) is 12.5. The zero-order valence-corrected chi connectivity index (χ0v) is 21.3. The number of aliphatic hydroxyl groups excluding tert-OH is 5. The van der Waals surface area contributed by atoms with Crippen LogP contribution in [0.25, 0.3) is 22.1 Å². The van der Waals surface area contributed by atoms with E-state index in [0.29, 0.717) is 16.9 Å². The molecule has 8 atom stereocenters. The normalized spacial score (nSPS) is 32.3. The van der Waals surface area contributed by atoms with Gasteiger partial charge >= 0.3 is 0 Å². The van der Waals surface area contributed by atoms with Gasteiger partial charge in [0.25, 0.3) is 0 Å². The maximum absolute atomic E-state index is 13.1. The molecule has 13 heteroatoms. The van der Waals surface area contributed by atoms with Crippen molar-refractivity contribution >= 4 is 11.0 Å². The smallest absolute Gasteiger partial charge is 0.229 e. The zero-order valence-electron chi connectivity index (χ0n) is 21.3. The van der Waals surface area contributed by atoms with Gasteiger partial charge in [-0.2, -0.15) is 0 Å². The lowest BCUT2D eigenvalue weighted by Crippen LogP contribution is -2.60. The third kappa shape index (κ3) is 5.31. The average Bonchev–Trinajstić information content (AvgIpc) is 3.26. The summed E-state index contributed by atoms with van der Waals surface area (Å²) in [6, 6.07) is 11.3. The van der Waals surface area contributed by atoms with Crippen molar-refractivity contribution in [3.8, 4) is 22.6 Å². The van der Waals surface area contributed by atoms with Gasteiger partial charge < -0.3 is 58.7 Å². The fourth-order valence-corrected chi connectivity index (χ4v) is 4.56. The Morgan fingerprint density at radius 1 is 0.975 bits per heavy atom. The monoisotopic (exact) mass is 562 g/mol. The molecule has 2 aromatic carbocycles. The summed E-state index contributed by atoms with van der Waals surface area (Å²) in [6.45, 7) is -1.56. The molecule has 0 bridgehead atoms. The highest BCUT2D eigenvalue weighted by molar-refractivity contribution is 5.82. The molecule has 0 spiro atoms. The van der Waals surface area contributed by atoms with Crippen molar-refractivity contribution in [3.63, 3.8) is 0 Å². The minimum Gasteiger partial charge on any atom is -0.497 e. The summed E-state index contributed by atoms with van der Waals surface area (Å²) in [7, 11) is 1.55. The minimum absolute atomic E-state index is 0.141. The Bertz CT molecular complexity index is 1380. The van der Waals surface area contributed by atoms with Crippen LogP contribution in [0.1, 0.15) is 0 Å². The molecule has 40 heavy (non-hydrogen) atoms. The molecule has 0 aliphatic carbocycles. The molecule has 1 aromatic heterocycles. The van der Waals surface area contributed by atoms with Crippen LogP contribution in [0, 0.1) is 0 Å². The largest absolute Gasteiger partial charge is 0.497 e. The van der Waals surface area contributed by atoms with Gasteiger partial charge in [-0.05, 0) is 29.8 Å². The topological polar surface area (TPSA) is 198 Å². The number of hydrogen-bond donors (Lipinski definition) is 6. The number of hydrogen-bond acceptors (Lipinski definition) is 13. The zero-order chi connectivity index (χ0) is 28.6. The first kappa shape index (κ1) is 28.4.